The summed E-state index contributed by atoms with van der Waals surface area (Å²) in [5, 5.41) is 10.6. The Bertz CT molecular complexity index is 328. The molecule has 1 saturated carbocycles. The summed E-state index contributed by atoms with van der Waals surface area (Å²) in [7, 11) is 0. The molecule has 0 aromatic heterocycles. The van der Waals surface area contributed by atoms with Crippen LogP contribution in [-0.2, 0) is 5.60 Å². The molecule has 1 N–H and O–H groups in total. The molecular weight excluding hydrogens is 184 g/mol. The Morgan fingerprint density at radius 3 is 2.53 bits per heavy atom. The Kier molecular flexibility index (Phi) is 2.83. The predicted molar refractivity (Wildman–Crippen MR) is 62.7 cm³/mol. The molecule has 1 aliphatic rings. The van der Waals surface area contributed by atoms with E-state index in [1.54, 1.807) is 0 Å². The Hall–Kier alpha value is -0.820. The van der Waals surface area contributed by atoms with Gasteiger partial charge in [-0.25, -0.2) is 0 Å². The van der Waals surface area contributed by atoms with E-state index in [1.165, 1.54) is 12.0 Å². The quantitative estimate of drug-likeness (QED) is 0.743. The highest BCUT2D eigenvalue weighted by Gasteiger charge is 2.33. The molecule has 0 heterocycles. The first kappa shape index (κ1) is 10.7. The van der Waals surface area contributed by atoms with Gasteiger partial charge < -0.3 is 5.11 Å². The second-order valence-corrected chi connectivity index (χ2v) is 5.10. The molecule has 0 aliphatic heterocycles. The van der Waals surface area contributed by atoms with E-state index in [0.29, 0.717) is 5.92 Å². The molecule has 2 unspecified atom stereocenters. The summed E-state index contributed by atoms with van der Waals surface area (Å²) in [6.07, 6.45) is 4.23. The van der Waals surface area contributed by atoms with Crippen LogP contribution in [0.3, 0.4) is 0 Å². The largest absolute Gasteiger partial charge is 0.385 e. The van der Waals surface area contributed by atoms with E-state index in [9.17, 15) is 5.11 Å². The van der Waals surface area contributed by atoms with E-state index in [-0.39, 0.29) is 0 Å². The van der Waals surface area contributed by atoms with Gasteiger partial charge in [-0.2, -0.15) is 0 Å². The van der Waals surface area contributed by atoms with Crippen LogP contribution < -0.4 is 0 Å². The number of hydrogen-bond donors (Lipinski definition) is 1. The SMILES string of the molecule is Cc1ccc(C2(O)CCCC(C)C2)cc1. The molecular formula is C14H20O. The number of benzene rings is 1. The van der Waals surface area contributed by atoms with Crippen molar-refractivity contribution in [3.8, 4) is 0 Å². The lowest BCUT2D eigenvalue weighted by atomic mass is 9.75. The highest BCUT2D eigenvalue weighted by Crippen LogP contribution is 2.39. The van der Waals surface area contributed by atoms with Crippen LogP contribution >= 0.6 is 0 Å². The molecule has 1 fully saturated rings. The van der Waals surface area contributed by atoms with E-state index in [2.05, 4.69) is 38.1 Å². The summed E-state index contributed by atoms with van der Waals surface area (Å²) in [5.41, 5.74) is 1.79. The van der Waals surface area contributed by atoms with Crippen LogP contribution in [0.1, 0.15) is 43.7 Å². The lowest BCUT2D eigenvalue weighted by molar-refractivity contribution is -0.0178. The van der Waals surface area contributed by atoms with Crippen LogP contribution in [0.15, 0.2) is 24.3 Å². The maximum Gasteiger partial charge on any atom is 0.0899 e. The average Bonchev–Trinajstić information content (AvgIpc) is 2.18. The van der Waals surface area contributed by atoms with Crippen LogP contribution in [0.2, 0.25) is 0 Å². The van der Waals surface area contributed by atoms with Crippen molar-refractivity contribution in [2.24, 2.45) is 5.92 Å². The lowest BCUT2D eigenvalue weighted by Gasteiger charge is -2.36. The van der Waals surface area contributed by atoms with E-state index >= 15 is 0 Å². The maximum atomic E-state index is 10.6. The summed E-state index contributed by atoms with van der Waals surface area (Å²) < 4.78 is 0. The first-order chi connectivity index (χ1) is 7.10. The fourth-order valence-electron chi connectivity index (χ4n) is 2.65. The van der Waals surface area contributed by atoms with Crippen molar-refractivity contribution in [2.75, 3.05) is 0 Å². The maximum absolute atomic E-state index is 10.6. The van der Waals surface area contributed by atoms with Gasteiger partial charge in [0.15, 0.2) is 0 Å². The van der Waals surface area contributed by atoms with Crippen molar-refractivity contribution < 1.29 is 5.11 Å². The smallest absolute Gasteiger partial charge is 0.0899 e. The van der Waals surface area contributed by atoms with Gasteiger partial charge in [-0.05, 0) is 37.7 Å². The second-order valence-electron chi connectivity index (χ2n) is 5.10. The third-order valence-corrected chi connectivity index (χ3v) is 3.56. The van der Waals surface area contributed by atoms with Crippen LogP contribution in [-0.4, -0.2) is 5.11 Å². The third kappa shape index (κ3) is 2.23. The fourth-order valence-corrected chi connectivity index (χ4v) is 2.65. The summed E-state index contributed by atoms with van der Waals surface area (Å²) in [4.78, 5) is 0. The molecule has 1 heteroatoms. The third-order valence-electron chi connectivity index (χ3n) is 3.56. The molecule has 1 aromatic carbocycles. The van der Waals surface area contributed by atoms with Crippen molar-refractivity contribution in [3.05, 3.63) is 35.4 Å². The topological polar surface area (TPSA) is 20.2 Å². The molecule has 0 spiro atoms. The molecule has 0 saturated heterocycles. The molecule has 82 valence electrons. The van der Waals surface area contributed by atoms with E-state index in [4.69, 9.17) is 0 Å². The standard InChI is InChI=1S/C14H20O/c1-11-5-7-13(8-6-11)14(15)9-3-4-12(2)10-14/h5-8,12,15H,3-4,9-10H2,1-2H3. The zero-order chi connectivity index (χ0) is 10.9. The summed E-state index contributed by atoms with van der Waals surface area (Å²) in [5.74, 6) is 0.644. The van der Waals surface area contributed by atoms with Crippen LogP contribution in [0.4, 0.5) is 0 Å². The first-order valence-electron chi connectivity index (χ1n) is 5.90. The Balaban J connectivity index is 2.24. The minimum Gasteiger partial charge on any atom is -0.385 e. The summed E-state index contributed by atoms with van der Waals surface area (Å²) in [6, 6.07) is 8.33. The van der Waals surface area contributed by atoms with Gasteiger partial charge in [0.05, 0.1) is 5.60 Å². The van der Waals surface area contributed by atoms with Crippen molar-refractivity contribution in [1.29, 1.82) is 0 Å². The molecule has 2 atom stereocenters. The van der Waals surface area contributed by atoms with E-state index < -0.39 is 5.60 Å². The Morgan fingerprint density at radius 2 is 1.93 bits per heavy atom. The predicted octanol–water partition coefficient (Wildman–Crippen LogP) is 3.39. The van der Waals surface area contributed by atoms with Crippen LogP contribution in [0, 0.1) is 12.8 Å². The number of rotatable bonds is 1. The van der Waals surface area contributed by atoms with Gasteiger partial charge >= 0.3 is 0 Å². The van der Waals surface area contributed by atoms with Gasteiger partial charge in [-0.15, -0.1) is 0 Å². The molecule has 1 aliphatic carbocycles. The van der Waals surface area contributed by atoms with Crippen LogP contribution in [0.25, 0.3) is 0 Å². The normalized spacial score (nSPS) is 31.5. The Morgan fingerprint density at radius 1 is 1.27 bits per heavy atom. The Labute approximate surface area is 92.1 Å². The monoisotopic (exact) mass is 204 g/mol. The van der Waals surface area contributed by atoms with Crippen molar-refractivity contribution >= 4 is 0 Å². The average molecular weight is 204 g/mol. The highest BCUT2D eigenvalue weighted by molar-refractivity contribution is 5.27. The number of aliphatic hydroxyl groups is 1. The lowest BCUT2D eigenvalue weighted by Crippen LogP contribution is -2.31. The zero-order valence-corrected chi connectivity index (χ0v) is 9.66. The molecule has 1 nitrogen and oxygen atoms in total. The molecule has 0 bridgehead atoms. The van der Waals surface area contributed by atoms with Gasteiger partial charge in [0, 0.05) is 0 Å². The first-order valence-corrected chi connectivity index (χ1v) is 5.90. The molecule has 0 radical (unpaired) electrons. The highest BCUT2D eigenvalue weighted by atomic mass is 16.3. The van der Waals surface area contributed by atoms with E-state index in [0.717, 1.165) is 24.8 Å². The van der Waals surface area contributed by atoms with Gasteiger partial charge in [0.25, 0.3) is 0 Å². The molecule has 1 aromatic rings. The molecule has 0 amide bonds. The fraction of sp³-hybridized carbons (Fsp3) is 0.571. The van der Waals surface area contributed by atoms with Crippen molar-refractivity contribution in [2.45, 2.75) is 45.1 Å². The van der Waals surface area contributed by atoms with Crippen molar-refractivity contribution in [1.82, 2.24) is 0 Å². The van der Waals surface area contributed by atoms with Crippen molar-refractivity contribution in [3.63, 3.8) is 0 Å². The van der Waals surface area contributed by atoms with Gasteiger partial charge in [0.2, 0.25) is 0 Å². The zero-order valence-electron chi connectivity index (χ0n) is 9.66. The molecule has 2 rings (SSSR count). The second kappa shape index (κ2) is 3.97. The van der Waals surface area contributed by atoms with Gasteiger partial charge in [0.1, 0.15) is 0 Å². The van der Waals surface area contributed by atoms with Gasteiger partial charge in [-0.1, -0.05) is 43.2 Å². The number of aryl methyl sites for hydroxylation is 1. The molecule has 15 heavy (non-hydrogen) atoms. The van der Waals surface area contributed by atoms with Gasteiger partial charge in [-0.3, -0.25) is 0 Å². The summed E-state index contributed by atoms with van der Waals surface area (Å²) >= 11 is 0. The van der Waals surface area contributed by atoms with E-state index in [1.807, 2.05) is 0 Å². The minimum absolute atomic E-state index is 0.564. The summed E-state index contributed by atoms with van der Waals surface area (Å²) in [6.45, 7) is 4.32. The minimum atomic E-state index is -0.564. The van der Waals surface area contributed by atoms with Crippen LogP contribution in [0.5, 0.6) is 0 Å². The number of hydrogen-bond acceptors (Lipinski definition) is 1.